The molecule has 2 rings (SSSR count). The highest BCUT2D eigenvalue weighted by Gasteiger charge is 2.22. The summed E-state index contributed by atoms with van der Waals surface area (Å²) in [4.78, 5) is 13.2. The molecule has 1 aliphatic rings. The summed E-state index contributed by atoms with van der Waals surface area (Å²) in [6, 6.07) is 6.20. The monoisotopic (exact) mass is 314 g/mol. The van der Waals surface area contributed by atoms with Crippen molar-refractivity contribution in [2.24, 2.45) is 0 Å². The highest BCUT2D eigenvalue weighted by Crippen LogP contribution is 2.27. The summed E-state index contributed by atoms with van der Waals surface area (Å²) in [7, 11) is 0. The number of piperidine rings is 1. The van der Waals surface area contributed by atoms with Gasteiger partial charge in [0.2, 0.25) is 5.91 Å². The van der Waals surface area contributed by atoms with Crippen LogP contribution in [0.15, 0.2) is 18.2 Å². The first-order valence-electron chi connectivity index (χ1n) is 6.94. The van der Waals surface area contributed by atoms with E-state index in [2.05, 4.69) is 12.2 Å². The number of hydrogen-bond donors (Lipinski definition) is 1. The number of amides is 1. The van der Waals surface area contributed by atoms with Crippen LogP contribution in [0.1, 0.15) is 38.3 Å². The van der Waals surface area contributed by atoms with Gasteiger partial charge >= 0.3 is 0 Å². The van der Waals surface area contributed by atoms with Gasteiger partial charge in [-0.3, -0.25) is 4.79 Å². The summed E-state index contributed by atoms with van der Waals surface area (Å²) in [6.45, 7) is 5.39. The van der Waals surface area contributed by atoms with Crippen LogP contribution in [0.2, 0.25) is 10.0 Å². The SMILES string of the molecule is CC(=O)N1CCC(N[C@H](C)c2ccc(Cl)cc2Cl)CC1. The lowest BCUT2D eigenvalue weighted by Gasteiger charge is -2.33. The van der Waals surface area contributed by atoms with Crippen LogP contribution >= 0.6 is 23.2 Å². The van der Waals surface area contributed by atoms with E-state index in [-0.39, 0.29) is 11.9 Å². The fourth-order valence-electron chi connectivity index (χ4n) is 2.66. The Morgan fingerprint density at radius 2 is 2.00 bits per heavy atom. The summed E-state index contributed by atoms with van der Waals surface area (Å²) in [5.74, 6) is 0.164. The highest BCUT2D eigenvalue weighted by molar-refractivity contribution is 6.35. The van der Waals surface area contributed by atoms with E-state index in [4.69, 9.17) is 23.2 Å². The molecule has 0 unspecified atom stereocenters. The molecular weight excluding hydrogens is 295 g/mol. The molecule has 0 aliphatic carbocycles. The van der Waals surface area contributed by atoms with Crippen LogP contribution < -0.4 is 5.32 Å². The maximum absolute atomic E-state index is 11.3. The standard InChI is InChI=1S/C15H20Cl2N2O/c1-10(14-4-3-12(16)9-15(14)17)18-13-5-7-19(8-6-13)11(2)20/h3-4,9-10,13,18H,5-8H2,1-2H3/t10-/m1/s1. The molecule has 1 aromatic carbocycles. The molecule has 0 radical (unpaired) electrons. The number of benzene rings is 1. The number of hydrogen-bond acceptors (Lipinski definition) is 2. The predicted octanol–water partition coefficient (Wildman–Crippen LogP) is 3.65. The van der Waals surface area contributed by atoms with E-state index in [9.17, 15) is 4.79 Å². The number of carbonyl (C=O) groups excluding carboxylic acids is 1. The Morgan fingerprint density at radius 3 is 2.55 bits per heavy atom. The smallest absolute Gasteiger partial charge is 0.219 e. The van der Waals surface area contributed by atoms with Crippen molar-refractivity contribution < 1.29 is 4.79 Å². The molecule has 0 spiro atoms. The molecular formula is C15H20Cl2N2O. The molecule has 0 bridgehead atoms. The molecule has 3 nitrogen and oxygen atoms in total. The molecule has 1 N–H and O–H groups in total. The first-order chi connectivity index (χ1) is 9.47. The van der Waals surface area contributed by atoms with Gasteiger partial charge in [-0.05, 0) is 37.5 Å². The molecule has 1 fully saturated rings. The Kier molecular flexibility index (Phi) is 5.30. The largest absolute Gasteiger partial charge is 0.343 e. The van der Waals surface area contributed by atoms with Crippen molar-refractivity contribution in [2.75, 3.05) is 13.1 Å². The highest BCUT2D eigenvalue weighted by atomic mass is 35.5. The quantitative estimate of drug-likeness (QED) is 0.923. The van der Waals surface area contributed by atoms with Crippen molar-refractivity contribution in [2.45, 2.75) is 38.8 Å². The van der Waals surface area contributed by atoms with Gasteiger partial charge in [0.25, 0.3) is 0 Å². The summed E-state index contributed by atoms with van der Waals surface area (Å²) < 4.78 is 0. The van der Waals surface area contributed by atoms with Gasteiger partial charge in [0.1, 0.15) is 0 Å². The third kappa shape index (κ3) is 3.87. The van der Waals surface area contributed by atoms with Gasteiger partial charge in [-0.2, -0.15) is 0 Å². The first-order valence-corrected chi connectivity index (χ1v) is 7.69. The van der Waals surface area contributed by atoms with Crippen LogP contribution in [0.5, 0.6) is 0 Å². The topological polar surface area (TPSA) is 32.3 Å². The Labute approximate surface area is 130 Å². The summed E-state index contributed by atoms with van der Waals surface area (Å²) in [5, 5.41) is 4.94. The Balaban J connectivity index is 1.92. The molecule has 20 heavy (non-hydrogen) atoms. The number of rotatable bonds is 3. The van der Waals surface area contributed by atoms with Gasteiger partial charge in [-0.1, -0.05) is 29.3 Å². The number of carbonyl (C=O) groups is 1. The maximum Gasteiger partial charge on any atom is 0.219 e. The lowest BCUT2D eigenvalue weighted by atomic mass is 10.0. The normalized spacial score (nSPS) is 18.1. The third-order valence-electron chi connectivity index (χ3n) is 3.85. The minimum absolute atomic E-state index is 0.164. The molecule has 1 aromatic rings. The Morgan fingerprint density at radius 1 is 1.35 bits per heavy atom. The Bertz CT molecular complexity index is 485. The summed E-state index contributed by atoms with van der Waals surface area (Å²) in [5.41, 5.74) is 1.06. The lowest BCUT2D eigenvalue weighted by Crippen LogP contribution is -2.44. The molecule has 1 aliphatic heterocycles. The molecule has 1 atom stereocenters. The molecule has 110 valence electrons. The van der Waals surface area contributed by atoms with E-state index < -0.39 is 0 Å². The summed E-state index contributed by atoms with van der Waals surface area (Å²) in [6.07, 6.45) is 1.96. The van der Waals surface area contributed by atoms with Crippen molar-refractivity contribution in [1.29, 1.82) is 0 Å². The third-order valence-corrected chi connectivity index (χ3v) is 4.42. The van der Waals surface area contributed by atoms with Crippen LogP contribution in [0.25, 0.3) is 0 Å². The van der Waals surface area contributed by atoms with Crippen molar-refractivity contribution in [3.8, 4) is 0 Å². The molecule has 5 heteroatoms. The van der Waals surface area contributed by atoms with Crippen molar-refractivity contribution in [3.05, 3.63) is 33.8 Å². The van der Waals surface area contributed by atoms with Crippen LogP contribution in [-0.2, 0) is 4.79 Å². The number of likely N-dealkylation sites (tertiary alicyclic amines) is 1. The van der Waals surface area contributed by atoms with Gasteiger partial charge in [-0.25, -0.2) is 0 Å². The average Bonchev–Trinajstić information content (AvgIpc) is 2.39. The van der Waals surface area contributed by atoms with Gasteiger partial charge in [0, 0.05) is 42.1 Å². The van der Waals surface area contributed by atoms with Gasteiger partial charge in [0.15, 0.2) is 0 Å². The molecule has 1 saturated heterocycles. The van der Waals surface area contributed by atoms with E-state index in [1.165, 1.54) is 0 Å². The summed E-state index contributed by atoms with van der Waals surface area (Å²) >= 11 is 12.1. The van der Waals surface area contributed by atoms with Gasteiger partial charge < -0.3 is 10.2 Å². The van der Waals surface area contributed by atoms with Crippen molar-refractivity contribution in [1.82, 2.24) is 10.2 Å². The van der Waals surface area contributed by atoms with Crippen LogP contribution in [0.4, 0.5) is 0 Å². The second kappa shape index (κ2) is 6.79. The zero-order valence-electron chi connectivity index (χ0n) is 11.8. The molecule has 1 heterocycles. The molecule has 0 saturated carbocycles. The van der Waals surface area contributed by atoms with Crippen LogP contribution in [0, 0.1) is 0 Å². The second-order valence-corrected chi connectivity index (χ2v) is 6.18. The lowest BCUT2D eigenvalue weighted by molar-refractivity contribution is -0.129. The number of halogens is 2. The van der Waals surface area contributed by atoms with E-state index in [0.717, 1.165) is 31.5 Å². The zero-order valence-corrected chi connectivity index (χ0v) is 13.3. The second-order valence-electron chi connectivity index (χ2n) is 5.33. The fourth-order valence-corrected chi connectivity index (χ4v) is 3.23. The van der Waals surface area contributed by atoms with E-state index >= 15 is 0 Å². The van der Waals surface area contributed by atoms with Gasteiger partial charge in [-0.15, -0.1) is 0 Å². The van der Waals surface area contributed by atoms with Crippen molar-refractivity contribution >= 4 is 29.1 Å². The number of nitrogens with one attached hydrogen (secondary N) is 1. The first kappa shape index (κ1) is 15.6. The Hall–Kier alpha value is -0.770. The fraction of sp³-hybridized carbons (Fsp3) is 0.533. The zero-order chi connectivity index (χ0) is 14.7. The van der Waals surface area contributed by atoms with E-state index in [1.807, 2.05) is 17.0 Å². The number of nitrogens with zero attached hydrogens (tertiary/aromatic N) is 1. The molecule has 1 amide bonds. The van der Waals surface area contributed by atoms with Crippen LogP contribution in [-0.4, -0.2) is 29.9 Å². The average molecular weight is 315 g/mol. The van der Waals surface area contributed by atoms with Crippen molar-refractivity contribution in [3.63, 3.8) is 0 Å². The minimum atomic E-state index is 0.164. The van der Waals surface area contributed by atoms with Gasteiger partial charge in [0.05, 0.1) is 0 Å². The predicted molar refractivity (Wildman–Crippen MR) is 83.3 cm³/mol. The minimum Gasteiger partial charge on any atom is -0.343 e. The van der Waals surface area contributed by atoms with Crippen LogP contribution in [0.3, 0.4) is 0 Å². The van der Waals surface area contributed by atoms with E-state index in [1.54, 1.807) is 13.0 Å². The van der Waals surface area contributed by atoms with E-state index in [0.29, 0.717) is 16.1 Å². The molecule has 0 aromatic heterocycles. The maximum atomic E-state index is 11.3.